The van der Waals surface area contributed by atoms with Gasteiger partial charge in [-0.3, -0.25) is 9.59 Å². The molecule has 1 amide bonds. The SMILES string of the molecule is COc1cc(NC(=O)COC(=O)c2ccc(=O)[nH]c2)cc(OC)c1. The van der Waals surface area contributed by atoms with E-state index in [1.807, 2.05) is 0 Å². The average molecular weight is 332 g/mol. The summed E-state index contributed by atoms with van der Waals surface area (Å²) >= 11 is 0. The number of nitrogens with one attached hydrogen (secondary N) is 2. The Morgan fingerprint density at radius 1 is 1.08 bits per heavy atom. The highest BCUT2D eigenvalue weighted by atomic mass is 16.5. The van der Waals surface area contributed by atoms with Crippen LogP contribution in [0.2, 0.25) is 0 Å². The van der Waals surface area contributed by atoms with Gasteiger partial charge in [0.15, 0.2) is 6.61 Å². The lowest BCUT2D eigenvalue weighted by Crippen LogP contribution is -2.21. The molecule has 0 saturated carbocycles. The maximum atomic E-state index is 11.9. The first-order valence-corrected chi connectivity index (χ1v) is 6.90. The Labute approximate surface area is 137 Å². The predicted octanol–water partition coefficient (Wildman–Crippen LogP) is 1.19. The van der Waals surface area contributed by atoms with Crippen molar-refractivity contribution >= 4 is 17.6 Å². The number of aromatic nitrogens is 1. The summed E-state index contributed by atoms with van der Waals surface area (Å²) < 4.78 is 15.1. The third-order valence-corrected chi connectivity index (χ3v) is 2.99. The van der Waals surface area contributed by atoms with Gasteiger partial charge in [-0.15, -0.1) is 0 Å². The minimum absolute atomic E-state index is 0.144. The second kappa shape index (κ2) is 7.82. The highest BCUT2D eigenvalue weighted by Crippen LogP contribution is 2.25. The smallest absolute Gasteiger partial charge is 0.340 e. The maximum Gasteiger partial charge on any atom is 0.340 e. The predicted molar refractivity (Wildman–Crippen MR) is 85.5 cm³/mol. The first kappa shape index (κ1) is 17.1. The van der Waals surface area contributed by atoms with Crippen LogP contribution in [0.1, 0.15) is 10.4 Å². The molecular weight excluding hydrogens is 316 g/mol. The van der Waals surface area contributed by atoms with Gasteiger partial charge >= 0.3 is 5.97 Å². The molecule has 126 valence electrons. The van der Waals surface area contributed by atoms with E-state index in [-0.39, 0.29) is 11.1 Å². The number of esters is 1. The van der Waals surface area contributed by atoms with Gasteiger partial charge in [0, 0.05) is 36.1 Å². The molecule has 0 aliphatic rings. The third-order valence-electron chi connectivity index (χ3n) is 2.99. The molecule has 1 aromatic heterocycles. The van der Waals surface area contributed by atoms with E-state index < -0.39 is 18.5 Å². The number of hydrogen-bond acceptors (Lipinski definition) is 6. The molecule has 0 aliphatic heterocycles. The zero-order valence-electron chi connectivity index (χ0n) is 13.1. The van der Waals surface area contributed by atoms with Gasteiger partial charge in [-0.1, -0.05) is 0 Å². The second-order valence-electron chi connectivity index (χ2n) is 4.67. The topological polar surface area (TPSA) is 107 Å². The number of ether oxygens (including phenoxy) is 3. The van der Waals surface area contributed by atoms with E-state index in [1.165, 1.54) is 32.5 Å². The summed E-state index contributed by atoms with van der Waals surface area (Å²) in [5.74, 6) is -0.225. The Kier molecular flexibility index (Phi) is 5.56. The van der Waals surface area contributed by atoms with E-state index in [4.69, 9.17) is 14.2 Å². The molecule has 1 aromatic carbocycles. The fourth-order valence-electron chi connectivity index (χ4n) is 1.83. The monoisotopic (exact) mass is 332 g/mol. The van der Waals surface area contributed by atoms with Crippen molar-refractivity contribution in [2.45, 2.75) is 0 Å². The van der Waals surface area contributed by atoms with Crippen molar-refractivity contribution in [3.05, 3.63) is 52.4 Å². The van der Waals surface area contributed by atoms with Gasteiger partial charge in [-0.25, -0.2) is 4.79 Å². The van der Waals surface area contributed by atoms with Crippen LogP contribution in [-0.2, 0) is 9.53 Å². The van der Waals surface area contributed by atoms with E-state index >= 15 is 0 Å². The van der Waals surface area contributed by atoms with Crippen LogP contribution in [-0.4, -0.2) is 37.7 Å². The van der Waals surface area contributed by atoms with Crippen LogP contribution in [0.5, 0.6) is 11.5 Å². The minimum atomic E-state index is -0.718. The molecule has 2 N–H and O–H groups in total. The normalized spacial score (nSPS) is 9.92. The number of H-pyrrole nitrogens is 1. The molecule has 2 aromatic rings. The number of hydrogen-bond donors (Lipinski definition) is 2. The molecule has 0 radical (unpaired) electrons. The zero-order valence-corrected chi connectivity index (χ0v) is 13.1. The molecule has 24 heavy (non-hydrogen) atoms. The Balaban J connectivity index is 1.94. The van der Waals surface area contributed by atoms with E-state index in [0.29, 0.717) is 17.2 Å². The van der Waals surface area contributed by atoms with Crippen molar-refractivity contribution in [1.82, 2.24) is 4.98 Å². The molecule has 0 atom stereocenters. The summed E-state index contributed by atoms with van der Waals surface area (Å²) in [6, 6.07) is 7.37. The number of amides is 1. The fourth-order valence-corrected chi connectivity index (χ4v) is 1.83. The average Bonchev–Trinajstić information content (AvgIpc) is 2.59. The number of aromatic amines is 1. The molecule has 0 unspecified atom stereocenters. The third kappa shape index (κ3) is 4.60. The standard InChI is InChI=1S/C16H16N2O6/c1-22-12-5-11(6-13(7-12)23-2)18-15(20)9-24-16(21)10-3-4-14(19)17-8-10/h3-8H,9H2,1-2H3,(H,17,19)(H,18,20). The molecule has 0 fully saturated rings. The van der Waals surface area contributed by atoms with Crippen molar-refractivity contribution in [3.63, 3.8) is 0 Å². The van der Waals surface area contributed by atoms with Gasteiger partial charge in [0.25, 0.3) is 5.91 Å². The van der Waals surface area contributed by atoms with E-state index in [1.54, 1.807) is 18.2 Å². The lowest BCUT2D eigenvalue weighted by molar-refractivity contribution is -0.119. The molecule has 8 heteroatoms. The molecule has 8 nitrogen and oxygen atoms in total. The molecule has 0 bridgehead atoms. The number of methoxy groups -OCH3 is 2. The van der Waals surface area contributed by atoms with Crippen molar-refractivity contribution < 1.29 is 23.8 Å². The Morgan fingerprint density at radius 3 is 2.29 bits per heavy atom. The summed E-state index contributed by atoms with van der Waals surface area (Å²) in [4.78, 5) is 36.9. The summed E-state index contributed by atoms with van der Waals surface area (Å²) in [5, 5.41) is 2.57. The summed E-state index contributed by atoms with van der Waals surface area (Å²) in [6.45, 7) is -0.475. The molecule has 0 spiro atoms. The summed E-state index contributed by atoms with van der Waals surface area (Å²) in [5.41, 5.74) is 0.248. The summed E-state index contributed by atoms with van der Waals surface area (Å²) in [6.07, 6.45) is 1.22. The highest BCUT2D eigenvalue weighted by molar-refractivity contribution is 5.95. The van der Waals surface area contributed by atoms with Gasteiger partial charge in [-0.05, 0) is 6.07 Å². The molecule has 0 aliphatic carbocycles. The number of benzene rings is 1. The number of anilines is 1. The Bertz CT molecular complexity index is 757. The Hall–Kier alpha value is -3.29. The van der Waals surface area contributed by atoms with Crippen LogP contribution < -0.4 is 20.3 Å². The van der Waals surface area contributed by atoms with Gasteiger partial charge < -0.3 is 24.5 Å². The van der Waals surface area contributed by atoms with Crippen molar-refractivity contribution in [3.8, 4) is 11.5 Å². The van der Waals surface area contributed by atoms with Crippen molar-refractivity contribution in [1.29, 1.82) is 0 Å². The second-order valence-corrected chi connectivity index (χ2v) is 4.67. The first-order chi connectivity index (χ1) is 11.5. The van der Waals surface area contributed by atoms with Gasteiger partial charge in [0.05, 0.1) is 19.8 Å². The number of pyridine rings is 1. The van der Waals surface area contributed by atoms with Crippen LogP contribution >= 0.6 is 0 Å². The van der Waals surface area contributed by atoms with E-state index in [9.17, 15) is 14.4 Å². The van der Waals surface area contributed by atoms with Crippen molar-refractivity contribution in [2.75, 3.05) is 26.1 Å². The van der Waals surface area contributed by atoms with E-state index in [2.05, 4.69) is 10.3 Å². The highest BCUT2D eigenvalue weighted by Gasteiger charge is 2.11. The fraction of sp³-hybridized carbons (Fsp3) is 0.188. The number of carbonyl (C=O) groups is 2. The van der Waals surface area contributed by atoms with Crippen LogP contribution in [0, 0.1) is 0 Å². The molecule has 0 saturated heterocycles. The number of rotatable bonds is 6. The quantitative estimate of drug-likeness (QED) is 0.770. The lowest BCUT2D eigenvalue weighted by Gasteiger charge is -2.10. The maximum absolute atomic E-state index is 11.9. The Morgan fingerprint density at radius 2 is 1.75 bits per heavy atom. The van der Waals surface area contributed by atoms with Crippen LogP contribution in [0.4, 0.5) is 5.69 Å². The van der Waals surface area contributed by atoms with Gasteiger partial charge in [0.1, 0.15) is 11.5 Å². The van der Waals surface area contributed by atoms with E-state index in [0.717, 1.165) is 0 Å². The van der Waals surface area contributed by atoms with Crippen LogP contribution in [0.15, 0.2) is 41.3 Å². The number of carbonyl (C=O) groups excluding carboxylic acids is 2. The minimum Gasteiger partial charge on any atom is -0.497 e. The molecule has 2 rings (SSSR count). The van der Waals surface area contributed by atoms with Gasteiger partial charge in [0.2, 0.25) is 5.56 Å². The van der Waals surface area contributed by atoms with Gasteiger partial charge in [-0.2, -0.15) is 0 Å². The summed E-state index contributed by atoms with van der Waals surface area (Å²) in [7, 11) is 2.98. The molecular formula is C16H16N2O6. The van der Waals surface area contributed by atoms with Crippen LogP contribution in [0.25, 0.3) is 0 Å². The van der Waals surface area contributed by atoms with Crippen molar-refractivity contribution in [2.24, 2.45) is 0 Å². The lowest BCUT2D eigenvalue weighted by atomic mass is 10.2. The first-order valence-electron chi connectivity index (χ1n) is 6.90. The molecule has 1 heterocycles. The van der Waals surface area contributed by atoms with Crippen LogP contribution in [0.3, 0.4) is 0 Å². The zero-order chi connectivity index (χ0) is 17.5. The largest absolute Gasteiger partial charge is 0.497 e.